The van der Waals surface area contributed by atoms with E-state index in [-0.39, 0.29) is 5.91 Å². The molecular formula is C27H20Cl2N2OS2. The van der Waals surface area contributed by atoms with Crippen molar-refractivity contribution in [2.24, 2.45) is 0 Å². The Labute approximate surface area is 218 Å². The number of aryl methyl sites for hydroxylation is 2. The number of thioether (sulfide) groups is 1. The molecule has 1 aliphatic heterocycles. The molecule has 0 N–H and O–H groups in total. The fourth-order valence-corrected chi connectivity index (χ4v) is 5.97. The van der Waals surface area contributed by atoms with Crippen molar-refractivity contribution in [1.82, 2.24) is 4.57 Å². The highest BCUT2D eigenvalue weighted by atomic mass is 35.5. The number of hydrogen-bond donors (Lipinski definition) is 0. The van der Waals surface area contributed by atoms with Crippen LogP contribution < -0.4 is 4.90 Å². The molecule has 1 aromatic heterocycles. The van der Waals surface area contributed by atoms with E-state index in [2.05, 4.69) is 29.0 Å². The van der Waals surface area contributed by atoms with E-state index in [4.69, 9.17) is 35.4 Å². The van der Waals surface area contributed by atoms with Crippen LogP contribution in [0, 0.1) is 13.8 Å². The summed E-state index contributed by atoms with van der Waals surface area (Å²) in [5.74, 6) is -0.0977. The lowest BCUT2D eigenvalue weighted by molar-refractivity contribution is -0.113. The number of amides is 1. The zero-order valence-corrected chi connectivity index (χ0v) is 21.7. The summed E-state index contributed by atoms with van der Waals surface area (Å²) in [5.41, 5.74) is 5.99. The highest BCUT2D eigenvalue weighted by Crippen LogP contribution is 2.38. The number of thiocarbonyl (C=S) groups is 1. The first-order valence-corrected chi connectivity index (χ1v) is 12.7. The maximum atomic E-state index is 13.4. The van der Waals surface area contributed by atoms with Crippen molar-refractivity contribution in [2.45, 2.75) is 20.4 Å². The summed E-state index contributed by atoms with van der Waals surface area (Å²) in [6, 6.07) is 19.7. The van der Waals surface area contributed by atoms with Crippen LogP contribution in [-0.4, -0.2) is 14.8 Å². The van der Waals surface area contributed by atoms with E-state index in [1.165, 1.54) is 11.8 Å². The van der Waals surface area contributed by atoms with E-state index in [0.29, 0.717) is 25.8 Å². The minimum atomic E-state index is -0.0977. The Morgan fingerprint density at radius 3 is 2.59 bits per heavy atom. The molecule has 0 radical (unpaired) electrons. The van der Waals surface area contributed by atoms with Gasteiger partial charge in [0.15, 0.2) is 4.32 Å². The lowest BCUT2D eigenvalue weighted by Crippen LogP contribution is -2.28. The first-order chi connectivity index (χ1) is 16.3. The minimum Gasteiger partial charge on any atom is -0.342 e. The zero-order valence-electron chi connectivity index (χ0n) is 18.5. The van der Waals surface area contributed by atoms with Gasteiger partial charge >= 0.3 is 0 Å². The molecule has 5 rings (SSSR count). The molecule has 1 fully saturated rings. The predicted molar refractivity (Wildman–Crippen MR) is 149 cm³/mol. The summed E-state index contributed by atoms with van der Waals surface area (Å²) in [6.07, 6.45) is 3.99. The quantitative estimate of drug-likeness (QED) is 0.200. The first-order valence-electron chi connectivity index (χ1n) is 10.7. The third-order valence-electron chi connectivity index (χ3n) is 5.85. The van der Waals surface area contributed by atoms with Gasteiger partial charge in [0, 0.05) is 39.3 Å². The minimum absolute atomic E-state index is 0.0977. The number of halogens is 2. The second-order valence-electron chi connectivity index (χ2n) is 8.27. The SMILES string of the molecule is Cc1ccc(N2C(=O)/C(=C/c3cn(Cc4ccc(Cl)cc4Cl)c4ccccc34)SC2=S)c(C)c1. The molecule has 0 aliphatic carbocycles. The number of para-hydroxylation sites is 1. The Morgan fingerprint density at radius 2 is 1.82 bits per heavy atom. The summed E-state index contributed by atoms with van der Waals surface area (Å²) in [6.45, 7) is 4.63. The molecule has 4 aromatic rings. The molecule has 170 valence electrons. The van der Waals surface area contributed by atoms with Crippen molar-refractivity contribution in [3.05, 3.63) is 104 Å². The summed E-state index contributed by atoms with van der Waals surface area (Å²) < 4.78 is 2.68. The summed E-state index contributed by atoms with van der Waals surface area (Å²) in [5, 5.41) is 2.29. The van der Waals surface area contributed by atoms with Crippen LogP contribution in [0.3, 0.4) is 0 Å². The number of anilines is 1. The Bertz CT molecular complexity index is 1510. The molecule has 34 heavy (non-hydrogen) atoms. The third kappa shape index (κ3) is 4.29. The van der Waals surface area contributed by atoms with E-state index < -0.39 is 0 Å². The highest BCUT2D eigenvalue weighted by Gasteiger charge is 2.34. The molecule has 1 saturated heterocycles. The van der Waals surface area contributed by atoms with E-state index in [9.17, 15) is 4.79 Å². The van der Waals surface area contributed by atoms with Gasteiger partial charge in [-0.25, -0.2) is 0 Å². The number of nitrogens with zero attached hydrogens (tertiary/aromatic N) is 2. The fraction of sp³-hybridized carbons (Fsp3) is 0.111. The largest absolute Gasteiger partial charge is 0.342 e. The molecule has 0 spiro atoms. The Balaban J connectivity index is 1.53. The number of rotatable bonds is 4. The first kappa shape index (κ1) is 23.2. The molecular weight excluding hydrogens is 503 g/mol. The number of carbonyl (C=O) groups excluding carboxylic acids is 1. The number of hydrogen-bond acceptors (Lipinski definition) is 3. The molecule has 0 bridgehead atoms. The molecule has 7 heteroatoms. The Hall–Kier alpha value is -2.57. The van der Waals surface area contributed by atoms with Crippen LogP contribution >= 0.6 is 47.2 Å². The van der Waals surface area contributed by atoms with Crippen LogP contribution in [0.5, 0.6) is 0 Å². The standard InChI is InChI=1S/C27H20Cl2N2OS2/c1-16-7-10-23(17(2)11-16)31-26(32)25(34-27(31)33)12-19-15-30(24-6-4-3-5-21(19)24)14-18-8-9-20(28)13-22(18)29/h3-13,15H,14H2,1-2H3/b25-12-. The van der Waals surface area contributed by atoms with Gasteiger partial charge in [-0.15, -0.1) is 0 Å². The fourth-order valence-electron chi connectivity index (χ4n) is 4.23. The maximum Gasteiger partial charge on any atom is 0.270 e. The van der Waals surface area contributed by atoms with E-state index in [1.54, 1.807) is 11.0 Å². The van der Waals surface area contributed by atoms with Crippen LogP contribution in [0.25, 0.3) is 17.0 Å². The summed E-state index contributed by atoms with van der Waals surface area (Å²) in [4.78, 5) is 15.6. The van der Waals surface area contributed by atoms with Gasteiger partial charge in [-0.2, -0.15) is 0 Å². The second kappa shape index (κ2) is 9.23. The molecule has 0 atom stereocenters. The number of carbonyl (C=O) groups is 1. The molecule has 1 amide bonds. The van der Waals surface area contributed by atoms with Crippen molar-refractivity contribution in [1.29, 1.82) is 0 Å². The van der Waals surface area contributed by atoms with Gasteiger partial charge in [-0.05, 0) is 55.3 Å². The summed E-state index contributed by atoms with van der Waals surface area (Å²) >= 11 is 19.4. The lowest BCUT2D eigenvalue weighted by atomic mass is 10.1. The van der Waals surface area contributed by atoms with Crippen molar-refractivity contribution in [3.8, 4) is 0 Å². The van der Waals surface area contributed by atoms with Gasteiger partial charge in [0.2, 0.25) is 0 Å². The number of benzene rings is 3. The average Bonchev–Trinajstić information content (AvgIpc) is 3.27. The zero-order chi connectivity index (χ0) is 24.0. The molecule has 3 nitrogen and oxygen atoms in total. The molecule has 2 heterocycles. The van der Waals surface area contributed by atoms with Gasteiger partial charge in [0.25, 0.3) is 5.91 Å². The van der Waals surface area contributed by atoms with E-state index in [0.717, 1.165) is 38.8 Å². The predicted octanol–water partition coefficient (Wildman–Crippen LogP) is 8.02. The van der Waals surface area contributed by atoms with Gasteiger partial charge in [0.1, 0.15) is 0 Å². The molecule has 0 saturated carbocycles. The Morgan fingerprint density at radius 1 is 1.03 bits per heavy atom. The van der Waals surface area contributed by atoms with Crippen molar-refractivity contribution < 1.29 is 4.79 Å². The smallest absolute Gasteiger partial charge is 0.270 e. The van der Waals surface area contributed by atoms with Crippen molar-refractivity contribution in [2.75, 3.05) is 4.90 Å². The van der Waals surface area contributed by atoms with E-state index in [1.807, 2.05) is 56.3 Å². The number of fused-ring (bicyclic) bond motifs is 1. The number of aromatic nitrogens is 1. The van der Waals surface area contributed by atoms with Gasteiger partial charge < -0.3 is 4.57 Å². The van der Waals surface area contributed by atoms with Crippen molar-refractivity contribution >= 4 is 80.1 Å². The average molecular weight is 524 g/mol. The molecule has 0 unspecified atom stereocenters. The second-order valence-corrected chi connectivity index (χ2v) is 10.8. The molecule has 1 aliphatic rings. The monoisotopic (exact) mass is 522 g/mol. The van der Waals surface area contributed by atoms with E-state index >= 15 is 0 Å². The topological polar surface area (TPSA) is 25.2 Å². The molecule has 3 aromatic carbocycles. The van der Waals surface area contributed by atoms with Gasteiger partial charge in [-0.3, -0.25) is 9.69 Å². The highest BCUT2D eigenvalue weighted by molar-refractivity contribution is 8.27. The van der Waals surface area contributed by atoms with Crippen LogP contribution in [0.15, 0.2) is 71.8 Å². The lowest BCUT2D eigenvalue weighted by Gasteiger charge is -2.17. The normalized spacial score (nSPS) is 15.2. The summed E-state index contributed by atoms with van der Waals surface area (Å²) in [7, 11) is 0. The van der Waals surface area contributed by atoms with Crippen LogP contribution in [0.4, 0.5) is 5.69 Å². The Kier molecular flexibility index (Phi) is 6.30. The van der Waals surface area contributed by atoms with Crippen LogP contribution in [0.1, 0.15) is 22.3 Å². The van der Waals surface area contributed by atoms with Gasteiger partial charge in [-0.1, -0.05) is 89.1 Å². The van der Waals surface area contributed by atoms with Gasteiger partial charge in [0.05, 0.1) is 10.6 Å². The van der Waals surface area contributed by atoms with Crippen molar-refractivity contribution in [3.63, 3.8) is 0 Å². The van der Waals surface area contributed by atoms with Crippen LogP contribution in [-0.2, 0) is 11.3 Å². The van der Waals surface area contributed by atoms with Crippen LogP contribution in [0.2, 0.25) is 10.0 Å². The maximum absolute atomic E-state index is 13.4. The third-order valence-corrected chi connectivity index (χ3v) is 7.74.